The molecule has 0 bridgehead atoms. The average Bonchev–Trinajstić information content (AvgIpc) is 2.24. The molecule has 0 saturated carbocycles. The summed E-state index contributed by atoms with van der Waals surface area (Å²) in [6.45, 7) is 2.44. The average molecular weight is 268 g/mol. The zero-order valence-electron chi connectivity index (χ0n) is 8.19. The third-order valence-electron chi connectivity index (χ3n) is 1.84. The fourth-order valence-corrected chi connectivity index (χ4v) is 1.62. The second-order valence-electron chi connectivity index (χ2n) is 2.97. The zero-order chi connectivity index (χ0) is 11.1. The van der Waals surface area contributed by atoms with Crippen molar-refractivity contribution in [1.82, 2.24) is 5.32 Å². The van der Waals surface area contributed by atoms with E-state index in [2.05, 4.69) is 10.6 Å². The molecule has 1 rings (SSSR count). The summed E-state index contributed by atoms with van der Waals surface area (Å²) in [4.78, 5) is 0. The van der Waals surface area contributed by atoms with Crippen molar-refractivity contribution in [3.63, 3.8) is 0 Å². The molecule has 0 spiro atoms. The highest BCUT2D eigenvalue weighted by Gasteiger charge is 2.02. The van der Waals surface area contributed by atoms with Crippen molar-refractivity contribution in [3.8, 4) is 0 Å². The van der Waals surface area contributed by atoms with Crippen LogP contribution in [-0.2, 0) is 0 Å². The highest BCUT2D eigenvalue weighted by atomic mass is 35.5. The number of hydrogen-bond acceptors (Lipinski definition) is 2. The second kappa shape index (κ2) is 7.18. The van der Waals surface area contributed by atoms with Crippen LogP contribution >= 0.6 is 34.8 Å². The number of benzene rings is 1. The quantitative estimate of drug-likeness (QED) is 0.611. The Labute approximate surface area is 105 Å². The highest BCUT2D eigenvalue weighted by molar-refractivity contribution is 6.43. The first-order valence-electron chi connectivity index (χ1n) is 4.70. The molecule has 0 unspecified atom stereocenters. The van der Waals surface area contributed by atoms with Crippen LogP contribution in [0, 0.1) is 0 Å². The molecule has 0 atom stereocenters. The minimum absolute atomic E-state index is 0.565. The predicted octanol–water partition coefficient (Wildman–Crippen LogP) is 3.23. The highest BCUT2D eigenvalue weighted by Crippen LogP contribution is 2.29. The van der Waals surface area contributed by atoms with Gasteiger partial charge < -0.3 is 10.6 Å². The van der Waals surface area contributed by atoms with Gasteiger partial charge in [0, 0.05) is 25.5 Å². The summed E-state index contributed by atoms with van der Waals surface area (Å²) in [6.07, 6.45) is 0. The van der Waals surface area contributed by atoms with E-state index in [1.165, 1.54) is 0 Å². The molecule has 0 heterocycles. The molecule has 2 N–H and O–H groups in total. The van der Waals surface area contributed by atoms with Crippen molar-refractivity contribution >= 4 is 40.5 Å². The summed E-state index contributed by atoms with van der Waals surface area (Å²) >= 11 is 17.4. The van der Waals surface area contributed by atoms with Gasteiger partial charge in [0.05, 0.1) is 15.7 Å². The van der Waals surface area contributed by atoms with Gasteiger partial charge in [-0.05, 0) is 12.1 Å². The molecular formula is C10H13Cl3N2. The smallest absolute Gasteiger partial charge is 0.0823 e. The molecule has 84 valence electrons. The molecule has 0 radical (unpaired) electrons. The molecule has 1 aromatic carbocycles. The van der Waals surface area contributed by atoms with Gasteiger partial charge in [-0.2, -0.15) is 0 Å². The SMILES string of the molecule is ClCCNCCNc1cccc(Cl)c1Cl. The maximum Gasteiger partial charge on any atom is 0.0823 e. The molecule has 0 aliphatic carbocycles. The first-order valence-corrected chi connectivity index (χ1v) is 5.99. The molecule has 0 aliphatic heterocycles. The van der Waals surface area contributed by atoms with Crippen LogP contribution in [0.15, 0.2) is 18.2 Å². The third-order valence-corrected chi connectivity index (χ3v) is 2.85. The lowest BCUT2D eigenvalue weighted by atomic mass is 10.3. The monoisotopic (exact) mass is 266 g/mol. The normalized spacial score (nSPS) is 10.3. The van der Waals surface area contributed by atoms with Crippen LogP contribution < -0.4 is 10.6 Å². The van der Waals surface area contributed by atoms with Crippen molar-refractivity contribution in [1.29, 1.82) is 0 Å². The molecule has 0 amide bonds. The Hall–Kier alpha value is -0.150. The Morgan fingerprint density at radius 3 is 2.60 bits per heavy atom. The van der Waals surface area contributed by atoms with Crippen LogP contribution in [0.1, 0.15) is 0 Å². The van der Waals surface area contributed by atoms with Gasteiger partial charge in [0.2, 0.25) is 0 Å². The molecule has 0 saturated heterocycles. The van der Waals surface area contributed by atoms with Gasteiger partial charge in [0.1, 0.15) is 0 Å². The summed E-state index contributed by atoms with van der Waals surface area (Å²) in [5, 5.41) is 7.49. The summed E-state index contributed by atoms with van der Waals surface area (Å²) in [7, 11) is 0. The van der Waals surface area contributed by atoms with Gasteiger partial charge in [0.25, 0.3) is 0 Å². The van der Waals surface area contributed by atoms with Gasteiger partial charge in [-0.25, -0.2) is 0 Å². The van der Waals surface area contributed by atoms with E-state index < -0.39 is 0 Å². The summed E-state index contributed by atoms with van der Waals surface area (Å²) in [5.74, 6) is 0.623. The van der Waals surface area contributed by atoms with Gasteiger partial charge in [-0.1, -0.05) is 29.3 Å². The maximum atomic E-state index is 6.00. The largest absolute Gasteiger partial charge is 0.383 e. The summed E-state index contributed by atoms with van der Waals surface area (Å²) < 4.78 is 0. The topological polar surface area (TPSA) is 24.1 Å². The lowest BCUT2D eigenvalue weighted by Crippen LogP contribution is -2.23. The van der Waals surface area contributed by atoms with E-state index in [0.717, 1.165) is 25.3 Å². The van der Waals surface area contributed by atoms with Crippen LogP contribution in [0.25, 0.3) is 0 Å². The zero-order valence-corrected chi connectivity index (χ0v) is 10.5. The van der Waals surface area contributed by atoms with Crippen LogP contribution in [0.3, 0.4) is 0 Å². The fourth-order valence-electron chi connectivity index (χ4n) is 1.12. The summed E-state index contributed by atoms with van der Waals surface area (Å²) in [6, 6.07) is 5.53. The van der Waals surface area contributed by atoms with Crippen molar-refractivity contribution in [2.24, 2.45) is 0 Å². The van der Waals surface area contributed by atoms with Crippen LogP contribution in [0.5, 0.6) is 0 Å². The van der Waals surface area contributed by atoms with Gasteiger partial charge in [-0.3, -0.25) is 0 Å². The van der Waals surface area contributed by atoms with Gasteiger partial charge in [-0.15, -0.1) is 11.6 Å². The van der Waals surface area contributed by atoms with E-state index in [9.17, 15) is 0 Å². The maximum absolute atomic E-state index is 6.00. The lowest BCUT2D eigenvalue weighted by molar-refractivity contribution is 0.742. The Kier molecular flexibility index (Phi) is 6.18. The first kappa shape index (κ1) is 12.9. The van der Waals surface area contributed by atoms with E-state index in [4.69, 9.17) is 34.8 Å². The van der Waals surface area contributed by atoms with Crippen LogP contribution in [0.4, 0.5) is 5.69 Å². The van der Waals surface area contributed by atoms with Crippen molar-refractivity contribution < 1.29 is 0 Å². The Morgan fingerprint density at radius 1 is 1.07 bits per heavy atom. The van der Waals surface area contributed by atoms with E-state index in [1.54, 1.807) is 6.07 Å². The Balaban J connectivity index is 2.34. The Morgan fingerprint density at radius 2 is 1.87 bits per heavy atom. The third kappa shape index (κ3) is 4.47. The molecule has 0 aromatic heterocycles. The van der Waals surface area contributed by atoms with Crippen molar-refractivity contribution in [2.45, 2.75) is 0 Å². The van der Waals surface area contributed by atoms with E-state index in [1.807, 2.05) is 12.1 Å². The van der Waals surface area contributed by atoms with E-state index >= 15 is 0 Å². The molecule has 2 nitrogen and oxygen atoms in total. The molecule has 5 heteroatoms. The van der Waals surface area contributed by atoms with Gasteiger partial charge in [0.15, 0.2) is 0 Å². The first-order chi connectivity index (χ1) is 7.25. The molecule has 0 fully saturated rings. The summed E-state index contributed by atoms with van der Waals surface area (Å²) in [5.41, 5.74) is 0.858. The number of alkyl halides is 1. The van der Waals surface area contributed by atoms with Crippen molar-refractivity contribution in [2.75, 3.05) is 30.8 Å². The molecule has 0 aliphatic rings. The van der Waals surface area contributed by atoms with E-state index in [0.29, 0.717) is 15.9 Å². The number of hydrogen-bond donors (Lipinski definition) is 2. The minimum Gasteiger partial charge on any atom is -0.383 e. The van der Waals surface area contributed by atoms with Crippen LogP contribution in [-0.4, -0.2) is 25.5 Å². The lowest BCUT2D eigenvalue weighted by Gasteiger charge is -2.09. The Bertz CT molecular complexity index is 305. The van der Waals surface area contributed by atoms with Crippen molar-refractivity contribution in [3.05, 3.63) is 28.2 Å². The van der Waals surface area contributed by atoms with E-state index in [-0.39, 0.29) is 0 Å². The molecular weight excluding hydrogens is 254 g/mol. The minimum atomic E-state index is 0.565. The number of anilines is 1. The standard InChI is InChI=1S/C10H13Cl3N2/c11-4-5-14-6-7-15-9-3-1-2-8(12)10(9)13/h1-3,14-15H,4-7H2. The number of halogens is 3. The predicted molar refractivity (Wildman–Crippen MR) is 68.5 cm³/mol. The molecule has 15 heavy (non-hydrogen) atoms. The second-order valence-corrected chi connectivity index (χ2v) is 4.13. The molecule has 1 aromatic rings. The van der Waals surface area contributed by atoms with Gasteiger partial charge >= 0.3 is 0 Å². The number of nitrogens with one attached hydrogen (secondary N) is 2. The number of rotatable bonds is 6. The van der Waals surface area contributed by atoms with Crippen LogP contribution in [0.2, 0.25) is 10.0 Å². The fraction of sp³-hybridized carbons (Fsp3) is 0.400.